The zero-order valence-corrected chi connectivity index (χ0v) is 11.2. The molecule has 2 nitrogen and oxygen atoms in total. The molecule has 0 saturated heterocycles. The summed E-state index contributed by atoms with van der Waals surface area (Å²) in [4.78, 5) is 0. The van der Waals surface area contributed by atoms with Crippen LogP contribution in [0.2, 0.25) is 10.0 Å². The van der Waals surface area contributed by atoms with Gasteiger partial charge in [-0.15, -0.1) is 0 Å². The number of aliphatic hydroxyl groups excluding tert-OH is 1. The van der Waals surface area contributed by atoms with Crippen LogP contribution in [0.15, 0.2) is 42.5 Å². The van der Waals surface area contributed by atoms with Gasteiger partial charge in [0.1, 0.15) is 0 Å². The van der Waals surface area contributed by atoms with Gasteiger partial charge in [0, 0.05) is 27.8 Å². The van der Waals surface area contributed by atoms with Crippen molar-refractivity contribution in [3.63, 3.8) is 0 Å². The molecular weight excluding hydrogens is 269 g/mol. The van der Waals surface area contributed by atoms with Crippen LogP contribution in [0.1, 0.15) is 11.1 Å². The molecule has 0 bridgehead atoms. The van der Waals surface area contributed by atoms with Gasteiger partial charge in [0.25, 0.3) is 0 Å². The second-order valence-electron chi connectivity index (χ2n) is 3.90. The first-order valence-electron chi connectivity index (χ1n) is 5.57. The Morgan fingerprint density at radius 3 is 2.50 bits per heavy atom. The average Bonchev–Trinajstić information content (AvgIpc) is 2.38. The molecule has 2 aromatic carbocycles. The first-order valence-corrected chi connectivity index (χ1v) is 6.33. The zero-order valence-electron chi connectivity index (χ0n) is 9.66. The largest absolute Gasteiger partial charge is 0.392 e. The number of para-hydroxylation sites is 1. The van der Waals surface area contributed by atoms with Crippen LogP contribution in [0.3, 0.4) is 0 Å². The lowest BCUT2D eigenvalue weighted by Crippen LogP contribution is -2.02. The molecule has 94 valence electrons. The molecule has 0 aliphatic carbocycles. The Kier molecular flexibility index (Phi) is 4.48. The Balaban J connectivity index is 2.11. The van der Waals surface area contributed by atoms with Crippen molar-refractivity contribution in [2.75, 3.05) is 5.32 Å². The van der Waals surface area contributed by atoms with Gasteiger partial charge in [-0.25, -0.2) is 0 Å². The van der Waals surface area contributed by atoms with Crippen LogP contribution in [0.25, 0.3) is 0 Å². The summed E-state index contributed by atoms with van der Waals surface area (Å²) in [5.41, 5.74) is 2.74. The summed E-state index contributed by atoms with van der Waals surface area (Å²) in [5.74, 6) is 0. The number of anilines is 1. The monoisotopic (exact) mass is 281 g/mol. The minimum atomic E-state index is 0.0114. The third kappa shape index (κ3) is 3.16. The third-order valence-electron chi connectivity index (χ3n) is 2.67. The molecule has 0 aliphatic heterocycles. The van der Waals surface area contributed by atoms with Crippen LogP contribution in [0, 0.1) is 0 Å². The predicted molar refractivity (Wildman–Crippen MR) is 76.2 cm³/mol. The Morgan fingerprint density at radius 2 is 1.78 bits per heavy atom. The Bertz CT molecular complexity index is 543. The van der Waals surface area contributed by atoms with Crippen molar-refractivity contribution in [3.8, 4) is 0 Å². The Labute approximate surface area is 116 Å². The number of benzene rings is 2. The number of aliphatic hydroxyl groups is 1. The third-order valence-corrected chi connectivity index (χ3v) is 3.26. The summed E-state index contributed by atoms with van der Waals surface area (Å²) in [6, 6.07) is 13.0. The highest BCUT2D eigenvalue weighted by molar-refractivity contribution is 6.35. The van der Waals surface area contributed by atoms with E-state index in [1.54, 1.807) is 6.07 Å². The number of hydrogen-bond acceptors (Lipinski definition) is 2. The van der Waals surface area contributed by atoms with E-state index in [4.69, 9.17) is 23.2 Å². The molecule has 0 aromatic heterocycles. The molecule has 2 N–H and O–H groups in total. The van der Waals surface area contributed by atoms with Gasteiger partial charge in [0.15, 0.2) is 0 Å². The van der Waals surface area contributed by atoms with Crippen LogP contribution in [0.4, 0.5) is 5.69 Å². The molecule has 0 atom stereocenters. The fourth-order valence-corrected chi connectivity index (χ4v) is 2.16. The summed E-state index contributed by atoms with van der Waals surface area (Å²) in [6.45, 7) is 0.602. The minimum absolute atomic E-state index is 0.0114. The lowest BCUT2D eigenvalue weighted by molar-refractivity contribution is 0.282. The van der Waals surface area contributed by atoms with Crippen LogP contribution in [-0.2, 0) is 13.2 Å². The predicted octanol–water partition coefficient (Wildman–Crippen LogP) is 4.10. The van der Waals surface area contributed by atoms with Crippen LogP contribution in [-0.4, -0.2) is 5.11 Å². The number of rotatable bonds is 4. The van der Waals surface area contributed by atoms with Crippen molar-refractivity contribution in [3.05, 3.63) is 63.6 Å². The van der Waals surface area contributed by atoms with Crippen molar-refractivity contribution >= 4 is 28.9 Å². The molecule has 0 unspecified atom stereocenters. The Hall–Kier alpha value is -1.22. The van der Waals surface area contributed by atoms with Crippen molar-refractivity contribution in [2.24, 2.45) is 0 Å². The molecular formula is C14H13Cl2NO. The molecule has 4 heteroatoms. The average molecular weight is 282 g/mol. The topological polar surface area (TPSA) is 32.3 Å². The van der Waals surface area contributed by atoms with E-state index >= 15 is 0 Å². The van der Waals surface area contributed by atoms with Crippen molar-refractivity contribution < 1.29 is 5.11 Å². The molecule has 2 aromatic rings. The van der Waals surface area contributed by atoms with Crippen molar-refractivity contribution in [2.45, 2.75) is 13.2 Å². The van der Waals surface area contributed by atoms with E-state index in [9.17, 15) is 5.11 Å². The fourth-order valence-electron chi connectivity index (χ4n) is 1.69. The van der Waals surface area contributed by atoms with Gasteiger partial charge in [0.05, 0.1) is 6.61 Å². The molecule has 0 aliphatic rings. The SMILES string of the molecule is OCc1ccccc1NCc1ccc(Cl)cc1Cl. The van der Waals surface area contributed by atoms with Gasteiger partial charge in [-0.2, -0.15) is 0 Å². The first kappa shape index (κ1) is 13.2. The van der Waals surface area contributed by atoms with Gasteiger partial charge in [-0.1, -0.05) is 47.5 Å². The summed E-state index contributed by atoms with van der Waals surface area (Å²) in [7, 11) is 0. The highest BCUT2D eigenvalue weighted by Gasteiger charge is 2.03. The highest BCUT2D eigenvalue weighted by Crippen LogP contribution is 2.23. The molecule has 18 heavy (non-hydrogen) atoms. The van der Waals surface area contributed by atoms with E-state index in [2.05, 4.69) is 5.32 Å². The molecule has 0 spiro atoms. The quantitative estimate of drug-likeness (QED) is 0.885. The lowest BCUT2D eigenvalue weighted by atomic mass is 10.1. The maximum Gasteiger partial charge on any atom is 0.0701 e. The summed E-state index contributed by atoms with van der Waals surface area (Å²) < 4.78 is 0. The van der Waals surface area contributed by atoms with Crippen LogP contribution in [0.5, 0.6) is 0 Å². The zero-order chi connectivity index (χ0) is 13.0. The van der Waals surface area contributed by atoms with E-state index in [1.807, 2.05) is 36.4 Å². The highest BCUT2D eigenvalue weighted by atomic mass is 35.5. The van der Waals surface area contributed by atoms with Gasteiger partial charge >= 0.3 is 0 Å². The molecule has 0 saturated carbocycles. The number of halogens is 2. The van der Waals surface area contributed by atoms with Crippen molar-refractivity contribution in [1.82, 2.24) is 0 Å². The van der Waals surface area contributed by atoms with Crippen LogP contribution < -0.4 is 5.32 Å². The summed E-state index contributed by atoms with van der Waals surface area (Å²) in [6.07, 6.45) is 0. The number of nitrogens with one attached hydrogen (secondary N) is 1. The van der Waals surface area contributed by atoms with Gasteiger partial charge in [-0.3, -0.25) is 0 Å². The van der Waals surface area contributed by atoms with E-state index in [1.165, 1.54) is 0 Å². The molecule has 2 rings (SSSR count). The molecule has 0 heterocycles. The summed E-state index contributed by atoms with van der Waals surface area (Å²) in [5, 5.41) is 13.7. The molecule has 0 radical (unpaired) electrons. The van der Waals surface area contributed by atoms with Crippen LogP contribution >= 0.6 is 23.2 Å². The van der Waals surface area contributed by atoms with E-state index in [0.717, 1.165) is 16.8 Å². The van der Waals surface area contributed by atoms with Gasteiger partial charge in [0.2, 0.25) is 0 Å². The normalized spacial score (nSPS) is 10.4. The first-order chi connectivity index (χ1) is 8.70. The minimum Gasteiger partial charge on any atom is -0.392 e. The van der Waals surface area contributed by atoms with E-state index in [0.29, 0.717) is 16.6 Å². The number of hydrogen-bond donors (Lipinski definition) is 2. The summed E-state index contributed by atoms with van der Waals surface area (Å²) >= 11 is 11.9. The second kappa shape index (κ2) is 6.10. The molecule has 0 amide bonds. The maximum atomic E-state index is 9.22. The Morgan fingerprint density at radius 1 is 1.00 bits per heavy atom. The van der Waals surface area contributed by atoms with E-state index in [-0.39, 0.29) is 6.61 Å². The smallest absolute Gasteiger partial charge is 0.0701 e. The van der Waals surface area contributed by atoms with Gasteiger partial charge in [-0.05, 0) is 23.8 Å². The van der Waals surface area contributed by atoms with Gasteiger partial charge < -0.3 is 10.4 Å². The standard InChI is InChI=1S/C14H13Cl2NO/c15-12-6-5-10(13(16)7-12)8-17-14-4-2-1-3-11(14)9-18/h1-7,17-18H,8-9H2. The van der Waals surface area contributed by atoms with Crippen molar-refractivity contribution in [1.29, 1.82) is 0 Å². The fraction of sp³-hybridized carbons (Fsp3) is 0.143. The molecule has 0 fully saturated rings. The second-order valence-corrected chi connectivity index (χ2v) is 4.75. The lowest BCUT2D eigenvalue weighted by Gasteiger charge is -2.11. The maximum absolute atomic E-state index is 9.22. The van der Waals surface area contributed by atoms with E-state index < -0.39 is 0 Å².